The molecule has 8 aromatic rings. The Morgan fingerprint density at radius 1 is 0.463 bits per heavy atom. The predicted octanol–water partition coefficient (Wildman–Crippen LogP) is 13.3. The summed E-state index contributed by atoms with van der Waals surface area (Å²) in [5.41, 5.74) is 10.3. The highest BCUT2D eigenvalue weighted by molar-refractivity contribution is 6.27. The molecule has 0 spiro atoms. The van der Waals surface area contributed by atoms with Crippen LogP contribution in [-0.4, -0.2) is 10.7 Å². The molecular formula is C48H32N4O2. The number of benzene rings is 7. The monoisotopic (exact) mass is 696 g/mol. The van der Waals surface area contributed by atoms with E-state index in [1.807, 2.05) is 67.0 Å². The van der Waals surface area contributed by atoms with Crippen molar-refractivity contribution in [2.24, 2.45) is 4.99 Å². The van der Waals surface area contributed by atoms with E-state index in [-0.39, 0.29) is 0 Å². The zero-order chi connectivity index (χ0) is 35.6. The lowest BCUT2D eigenvalue weighted by Crippen LogP contribution is -2.16. The van der Waals surface area contributed by atoms with Crippen molar-refractivity contribution in [1.29, 1.82) is 0 Å². The van der Waals surface area contributed by atoms with Crippen LogP contribution < -0.4 is 19.3 Å². The van der Waals surface area contributed by atoms with Gasteiger partial charge in [-0.1, -0.05) is 72.8 Å². The Balaban J connectivity index is 1.22. The van der Waals surface area contributed by atoms with Gasteiger partial charge in [-0.15, -0.1) is 0 Å². The van der Waals surface area contributed by atoms with Crippen LogP contribution >= 0.6 is 0 Å². The molecule has 0 fully saturated rings. The third kappa shape index (κ3) is 4.73. The number of para-hydroxylation sites is 8. The lowest BCUT2D eigenvalue weighted by Gasteiger charge is -2.33. The number of allylic oxidation sites excluding steroid dienone is 1. The van der Waals surface area contributed by atoms with E-state index in [9.17, 15) is 0 Å². The summed E-state index contributed by atoms with van der Waals surface area (Å²) < 4.78 is 12.8. The van der Waals surface area contributed by atoms with Gasteiger partial charge in [-0.25, -0.2) is 0 Å². The van der Waals surface area contributed by atoms with Crippen molar-refractivity contribution in [3.63, 3.8) is 0 Å². The van der Waals surface area contributed by atoms with E-state index >= 15 is 0 Å². The maximum Gasteiger partial charge on any atom is 0.151 e. The van der Waals surface area contributed by atoms with Crippen LogP contribution in [0.4, 0.5) is 34.1 Å². The second-order valence-corrected chi connectivity index (χ2v) is 13.7. The van der Waals surface area contributed by atoms with Gasteiger partial charge >= 0.3 is 0 Å². The van der Waals surface area contributed by atoms with E-state index < -0.39 is 0 Å². The molecule has 1 aromatic heterocycles. The Hall–Kier alpha value is -7.18. The molecule has 0 saturated heterocycles. The third-order valence-electron chi connectivity index (χ3n) is 10.6. The number of hydrogen-bond acceptors (Lipinski definition) is 6. The molecule has 0 aliphatic carbocycles. The van der Waals surface area contributed by atoms with Gasteiger partial charge in [0.15, 0.2) is 23.0 Å². The quantitative estimate of drug-likeness (QED) is 0.171. The van der Waals surface area contributed by atoms with E-state index in [1.165, 1.54) is 0 Å². The van der Waals surface area contributed by atoms with Crippen molar-refractivity contribution in [2.75, 3.05) is 9.80 Å². The summed E-state index contributed by atoms with van der Waals surface area (Å²) >= 11 is 0. The molecule has 3 aliphatic rings. The number of ether oxygens (including phenoxy) is 2. The van der Waals surface area contributed by atoms with E-state index in [1.54, 1.807) is 0 Å². The Morgan fingerprint density at radius 2 is 0.944 bits per heavy atom. The van der Waals surface area contributed by atoms with Gasteiger partial charge in [0.2, 0.25) is 0 Å². The van der Waals surface area contributed by atoms with Gasteiger partial charge in [0.05, 0.1) is 28.4 Å². The molecule has 0 atom stereocenters. The second kappa shape index (κ2) is 12.2. The number of fused-ring (bicyclic) bond motifs is 6. The van der Waals surface area contributed by atoms with Gasteiger partial charge in [-0.05, 0) is 119 Å². The fourth-order valence-corrected chi connectivity index (χ4v) is 8.24. The Morgan fingerprint density at radius 3 is 1.43 bits per heavy atom. The zero-order valence-corrected chi connectivity index (χ0v) is 29.2. The van der Waals surface area contributed by atoms with Crippen molar-refractivity contribution in [3.05, 3.63) is 176 Å². The lowest BCUT2D eigenvalue weighted by molar-refractivity contribution is 0.477. The Kier molecular flexibility index (Phi) is 6.89. The normalized spacial score (nSPS) is 14.0. The molecule has 6 heteroatoms. The minimum absolute atomic E-state index is 0.822. The average Bonchev–Trinajstić information content (AvgIpc) is 3.24. The topological polar surface area (TPSA) is 50.2 Å². The molecule has 0 bridgehead atoms. The smallest absolute Gasteiger partial charge is 0.151 e. The fourth-order valence-electron chi connectivity index (χ4n) is 8.24. The molecule has 0 radical (unpaired) electrons. The minimum Gasteiger partial charge on any atom is -0.453 e. The number of pyridine rings is 1. The molecule has 4 heterocycles. The summed E-state index contributed by atoms with van der Waals surface area (Å²) in [6.07, 6.45) is 7.77. The van der Waals surface area contributed by atoms with Gasteiger partial charge in [-0.2, -0.15) is 0 Å². The SMILES string of the molecule is C1=CN=C(c2c3cc(N4c5ccccc5Oc5ccccc54)ccc3c(-c3ccccn3)c3cc(N4c5ccccc5Oc5ccccc54)ccc23)CC1. The summed E-state index contributed by atoms with van der Waals surface area (Å²) in [5, 5.41) is 4.50. The molecule has 11 rings (SSSR count). The third-order valence-corrected chi connectivity index (χ3v) is 10.6. The lowest BCUT2D eigenvalue weighted by atomic mass is 9.86. The standard InChI is InChI=1S/C48H32N4O2/c1-5-19-43-39(15-1)51(40-16-2-6-20-44(40)53-43)31-23-25-33-35(29-31)47(37-13-9-11-27-49-37)34-26-24-32(30-36(34)48(33)38-14-10-12-28-50-38)52-41-17-3-7-21-45(41)54-46-22-8-4-18-42(46)52/h1-9,11-13,15-30H,10,14H2. The molecule has 0 unspecified atom stereocenters. The van der Waals surface area contributed by atoms with Crippen LogP contribution in [0.5, 0.6) is 23.0 Å². The maximum absolute atomic E-state index is 6.39. The molecule has 54 heavy (non-hydrogen) atoms. The summed E-state index contributed by atoms with van der Waals surface area (Å²) in [6, 6.07) is 52.7. The first-order valence-electron chi connectivity index (χ1n) is 18.3. The predicted molar refractivity (Wildman–Crippen MR) is 219 cm³/mol. The van der Waals surface area contributed by atoms with Crippen LogP contribution in [0.2, 0.25) is 0 Å². The van der Waals surface area contributed by atoms with Crippen LogP contribution in [0.3, 0.4) is 0 Å². The summed E-state index contributed by atoms with van der Waals surface area (Å²) in [5.74, 6) is 3.29. The van der Waals surface area contributed by atoms with Gasteiger partial charge in [0.25, 0.3) is 0 Å². The van der Waals surface area contributed by atoms with Gasteiger partial charge in [-0.3, -0.25) is 9.98 Å². The van der Waals surface area contributed by atoms with Crippen molar-refractivity contribution < 1.29 is 9.47 Å². The molecule has 0 N–H and O–H groups in total. The summed E-state index contributed by atoms with van der Waals surface area (Å²) in [4.78, 5) is 14.6. The first-order valence-corrected chi connectivity index (χ1v) is 18.3. The Bertz CT molecular complexity index is 2770. The van der Waals surface area contributed by atoms with Gasteiger partial charge < -0.3 is 19.3 Å². The average molecular weight is 697 g/mol. The van der Waals surface area contributed by atoms with E-state index in [2.05, 4.69) is 113 Å². The fraction of sp³-hybridized carbons (Fsp3) is 0.0417. The van der Waals surface area contributed by atoms with E-state index in [0.717, 1.165) is 114 Å². The first kappa shape index (κ1) is 30.4. The van der Waals surface area contributed by atoms with E-state index in [0.29, 0.717) is 0 Å². The van der Waals surface area contributed by atoms with Crippen LogP contribution in [-0.2, 0) is 0 Å². The van der Waals surface area contributed by atoms with Crippen LogP contribution in [0, 0.1) is 0 Å². The van der Waals surface area contributed by atoms with Crippen molar-refractivity contribution in [2.45, 2.75) is 12.8 Å². The maximum atomic E-state index is 6.39. The molecule has 256 valence electrons. The molecule has 3 aliphatic heterocycles. The van der Waals surface area contributed by atoms with Crippen LogP contribution in [0.15, 0.2) is 175 Å². The number of anilines is 6. The second-order valence-electron chi connectivity index (χ2n) is 13.7. The highest BCUT2D eigenvalue weighted by Crippen LogP contribution is 2.53. The van der Waals surface area contributed by atoms with Gasteiger partial charge in [0, 0.05) is 40.6 Å². The molecular weight excluding hydrogens is 665 g/mol. The minimum atomic E-state index is 0.822. The number of aliphatic imine (C=N–C) groups is 1. The first-order chi connectivity index (χ1) is 26.8. The Labute approximate surface area is 312 Å². The number of nitrogens with zero attached hydrogens (tertiary/aromatic N) is 4. The number of hydrogen-bond donors (Lipinski definition) is 0. The van der Waals surface area contributed by atoms with Crippen LogP contribution in [0.25, 0.3) is 32.8 Å². The summed E-state index contributed by atoms with van der Waals surface area (Å²) in [7, 11) is 0. The molecule has 6 nitrogen and oxygen atoms in total. The van der Waals surface area contributed by atoms with E-state index in [4.69, 9.17) is 19.5 Å². The van der Waals surface area contributed by atoms with Crippen molar-refractivity contribution in [3.8, 4) is 34.3 Å². The van der Waals surface area contributed by atoms with Gasteiger partial charge in [0.1, 0.15) is 0 Å². The molecule has 0 saturated carbocycles. The molecule has 0 amide bonds. The highest BCUT2D eigenvalue weighted by Gasteiger charge is 2.29. The molecule has 7 aromatic carbocycles. The number of aromatic nitrogens is 1. The summed E-state index contributed by atoms with van der Waals surface area (Å²) in [6.45, 7) is 0. The van der Waals surface area contributed by atoms with Crippen LogP contribution in [0.1, 0.15) is 18.4 Å². The number of rotatable bonds is 4. The highest BCUT2D eigenvalue weighted by atomic mass is 16.5. The van der Waals surface area contributed by atoms with Crippen molar-refractivity contribution in [1.82, 2.24) is 4.98 Å². The zero-order valence-electron chi connectivity index (χ0n) is 29.2. The largest absolute Gasteiger partial charge is 0.453 e. The van der Waals surface area contributed by atoms with Crippen molar-refractivity contribution >= 4 is 61.4 Å².